The molecule has 11 rings (SSSR count). The molecule has 0 fully saturated rings. The molecule has 0 aliphatic rings. The van der Waals surface area contributed by atoms with Crippen LogP contribution in [-0.2, 0) is 0 Å². The van der Waals surface area contributed by atoms with Gasteiger partial charge in [0.05, 0.1) is 0 Å². The fourth-order valence-corrected chi connectivity index (χ4v) is 8.74. The van der Waals surface area contributed by atoms with Crippen molar-refractivity contribution in [2.75, 3.05) is 0 Å². The molecule has 0 aliphatic heterocycles. The van der Waals surface area contributed by atoms with Gasteiger partial charge in [-0.2, -0.15) is 0 Å². The molecule has 58 heavy (non-hydrogen) atoms. The highest BCUT2D eigenvalue weighted by Gasteiger charge is 2.24. The lowest BCUT2D eigenvalue weighted by Gasteiger charge is -2.20. The zero-order chi connectivity index (χ0) is 38.4. The first kappa shape index (κ1) is 33.6. The Balaban J connectivity index is 1.28. The standard InChI is InChI=1S/C55H35N3/c1-3-18-36(19-4-1)41-26-11-15-31-47(41)53-56-54(48-32-16-12-27-42(48)37-20-5-2-6-21-37)58-55(57-53)52-46-30-14-13-29-45(46)51(44-33-17-24-38-22-7-9-25-40(38)44)50-43-28-10-8-23-39(43)34-35-49(50)52/h1-35H. The summed E-state index contributed by atoms with van der Waals surface area (Å²) in [6.45, 7) is 0. The van der Waals surface area contributed by atoms with Gasteiger partial charge in [-0.15, -0.1) is 0 Å². The Morgan fingerprint density at radius 3 is 1.24 bits per heavy atom. The van der Waals surface area contributed by atoms with E-state index in [1.54, 1.807) is 0 Å². The molecule has 3 heteroatoms. The Labute approximate surface area is 336 Å². The van der Waals surface area contributed by atoms with Crippen molar-refractivity contribution in [2.45, 2.75) is 0 Å². The van der Waals surface area contributed by atoms with E-state index < -0.39 is 0 Å². The second-order valence-corrected chi connectivity index (χ2v) is 14.7. The summed E-state index contributed by atoms with van der Waals surface area (Å²) < 4.78 is 0. The summed E-state index contributed by atoms with van der Waals surface area (Å²) in [7, 11) is 0. The van der Waals surface area contributed by atoms with Crippen molar-refractivity contribution in [1.29, 1.82) is 0 Å². The van der Waals surface area contributed by atoms with Gasteiger partial charge >= 0.3 is 0 Å². The molecule has 0 N–H and O–H groups in total. The maximum Gasteiger partial charge on any atom is 0.165 e. The monoisotopic (exact) mass is 737 g/mol. The van der Waals surface area contributed by atoms with Gasteiger partial charge in [-0.05, 0) is 76.5 Å². The maximum atomic E-state index is 5.50. The third-order valence-corrected chi connectivity index (χ3v) is 11.3. The van der Waals surface area contributed by atoms with E-state index in [0.29, 0.717) is 17.5 Å². The highest BCUT2D eigenvalue weighted by atomic mass is 15.0. The lowest BCUT2D eigenvalue weighted by molar-refractivity contribution is 1.08. The molecule has 0 spiro atoms. The zero-order valence-electron chi connectivity index (χ0n) is 31.5. The number of nitrogens with zero attached hydrogens (tertiary/aromatic N) is 3. The fraction of sp³-hybridized carbons (Fsp3) is 0. The predicted octanol–water partition coefficient (Wildman–Crippen LogP) is 14.5. The molecule has 1 aromatic heterocycles. The van der Waals surface area contributed by atoms with Gasteiger partial charge in [0, 0.05) is 16.7 Å². The van der Waals surface area contributed by atoms with Crippen molar-refractivity contribution >= 4 is 43.1 Å². The molecule has 0 amide bonds. The average Bonchev–Trinajstić information content (AvgIpc) is 3.31. The van der Waals surface area contributed by atoms with Crippen LogP contribution in [-0.4, -0.2) is 15.0 Å². The summed E-state index contributed by atoms with van der Waals surface area (Å²) in [6.07, 6.45) is 0. The van der Waals surface area contributed by atoms with Crippen molar-refractivity contribution in [2.24, 2.45) is 0 Å². The number of rotatable bonds is 6. The first-order valence-electron chi connectivity index (χ1n) is 19.7. The largest absolute Gasteiger partial charge is 0.208 e. The van der Waals surface area contributed by atoms with Crippen molar-refractivity contribution in [3.05, 3.63) is 212 Å². The van der Waals surface area contributed by atoms with Gasteiger partial charge in [-0.3, -0.25) is 0 Å². The van der Waals surface area contributed by atoms with Gasteiger partial charge in [0.15, 0.2) is 17.5 Å². The summed E-state index contributed by atoms with van der Waals surface area (Å²) in [6, 6.07) is 75.2. The molecule has 0 saturated heterocycles. The van der Waals surface area contributed by atoms with Gasteiger partial charge in [0.2, 0.25) is 0 Å². The minimum Gasteiger partial charge on any atom is -0.208 e. The van der Waals surface area contributed by atoms with Crippen LogP contribution >= 0.6 is 0 Å². The third-order valence-electron chi connectivity index (χ3n) is 11.3. The van der Waals surface area contributed by atoms with Crippen LogP contribution in [0.4, 0.5) is 0 Å². The molecule has 10 aromatic carbocycles. The van der Waals surface area contributed by atoms with Crippen LogP contribution in [0.2, 0.25) is 0 Å². The first-order chi connectivity index (χ1) is 28.8. The predicted molar refractivity (Wildman–Crippen MR) is 242 cm³/mol. The SMILES string of the molecule is c1ccc(-c2ccccc2-c2nc(-c3ccccc3-c3ccccc3)nc(-c3c4ccccc4c(-c4cccc5ccccc45)c4c3ccc3ccccc34)n2)cc1. The molecule has 270 valence electrons. The zero-order valence-corrected chi connectivity index (χ0v) is 31.5. The van der Waals surface area contributed by atoms with E-state index in [1.807, 2.05) is 12.1 Å². The number of aromatic nitrogens is 3. The van der Waals surface area contributed by atoms with Gasteiger partial charge in [0.25, 0.3) is 0 Å². The van der Waals surface area contributed by atoms with Crippen LogP contribution in [0.1, 0.15) is 0 Å². The van der Waals surface area contributed by atoms with Crippen molar-refractivity contribution < 1.29 is 0 Å². The van der Waals surface area contributed by atoms with Gasteiger partial charge in [-0.1, -0.05) is 212 Å². The molecule has 1 heterocycles. The van der Waals surface area contributed by atoms with Crippen molar-refractivity contribution in [1.82, 2.24) is 15.0 Å². The number of hydrogen-bond acceptors (Lipinski definition) is 3. The molecule has 0 atom stereocenters. The average molecular weight is 738 g/mol. The Morgan fingerprint density at radius 2 is 0.638 bits per heavy atom. The van der Waals surface area contributed by atoms with Crippen LogP contribution in [0.5, 0.6) is 0 Å². The van der Waals surface area contributed by atoms with Crippen LogP contribution in [0.15, 0.2) is 212 Å². The molecular weight excluding hydrogens is 703 g/mol. The van der Waals surface area contributed by atoms with E-state index in [-0.39, 0.29) is 0 Å². The normalized spacial score (nSPS) is 11.4. The van der Waals surface area contributed by atoms with Crippen LogP contribution < -0.4 is 0 Å². The van der Waals surface area contributed by atoms with Crippen LogP contribution in [0, 0.1) is 0 Å². The summed E-state index contributed by atoms with van der Waals surface area (Å²) in [5, 5.41) is 9.31. The second-order valence-electron chi connectivity index (χ2n) is 14.7. The topological polar surface area (TPSA) is 38.7 Å². The Kier molecular flexibility index (Phi) is 8.15. The summed E-state index contributed by atoms with van der Waals surface area (Å²) in [4.78, 5) is 16.4. The lowest BCUT2D eigenvalue weighted by atomic mass is 9.84. The molecular formula is C55H35N3. The smallest absolute Gasteiger partial charge is 0.165 e. The second kappa shape index (κ2) is 14.1. The number of fused-ring (bicyclic) bond motifs is 5. The minimum absolute atomic E-state index is 0.624. The molecule has 0 aliphatic carbocycles. The summed E-state index contributed by atoms with van der Waals surface area (Å²) >= 11 is 0. The third kappa shape index (κ3) is 5.64. The molecule has 3 nitrogen and oxygen atoms in total. The van der Waals surface area contributed by atoms with Gasteiger partial charge < -0.3 is 0 Å². The molecule has 0 bridgehead atoms. The van der Waals surface area contributed by atoms with Crippen LogP contribution in [0.25, 0.3) is 111 Å². The Bertz CT molecular complexity index is 3230. The first-order valence-corrected chi connectivity index (χ1v) is 19.7. The molecule has 0 radical (unpaired) electrons. The maximum absolute atomic E-state index is 5.50. The van der Waals surface area contributed by atoms with E-state index in [0.717, 1.165) is 55.1 Å². The van der Waals surface area contributed by atoms with Gasteiger partial charge in [-0.25, -0.2) is 15.0 Å². The lowest BCUT2D eigenvalue weighted by Crippen LogP contribution is -2.03. The minimum atomic E-state index is 0.624. The highest BCUT2D eigenvalue weighted by Crippen LogP contribution is 2.47. The summed E-state index contributed by atoms with van der Waals surface area (Å²) in [5.41, 5.74) is 9.63. The van der Waals surface area contributed by atoms with Crippen molar-refractivity contribution in [3.63, 3.8) is 0 Å². The molecule has 11 aromatic rings. The van der Waals surface area contributed by atoms with E-state index in [1.165, 1.54) is 38.1 Å². The van der Waals surface area contributed by atoms with Gasteiger partial charge in [0.1, 0.15) is 0 Å². The summed E-state index contributed by atoms with van der Waals surface area (Å²) in [5.74, 6) is 1.88. The highest BCUT2D eigenvalue weighted by molar-refractivity contribution is 6.29. The number of benzene rings is 10. The van der Waals surface area contributed by atoms with E-state index in [9.17, 15) is 0 Å². The number of hydrogen-bond donors (Lipinski definition) is 0. The van der Waals surface area contributed by atoms with E-state index in [4.69, 9.17) is 15.0 Å². The Hall–Kier alpha value is -7.75. The van der Waals surface area contributed by atoms with Crippen molar-refractivity contribution in [3.8, 4) is 67.5 Å². The van der Waals surface area contributed by atoms with E-state index >= 15 is 0 Å². The molecule has 0 unspecified atom stereocenters. The quantitative estimate of drug-likeness (QED) is 0.126. The van der Waals surface area contributed by atoms with E-state index in [2.05, 4.69) is 200 Å². The van der Waals surface area contributed by atoms with Crippen LogP contribution in [0.3, 0.4) is 0 Å². The fourth-order valence-electron chi connectivity index (χ4n) is 8.74. The Morgan fingerprint density at radius 1 is 0.224 bits per heavy atom. The molecule has 0 saturated carbocycles.